The van der Waals surface area contributed by atoms with E-state index >= 15 is 0 Å². The molecule has 0 aromatic carbocycles. The maximum Gasteiger partial charge on any atom is 0.326 e. The van der Waals surface area contributed by atoms with Crippen molar-refractivity contribution >= 4 is 58.0 Å². The van der Waals surface area contributed by atoms with Crippen molar-refractivity contribution in [3.8, 4) is 0 Å². The molecule has 1 fully saturated rings. The average molecular weight is 342 g/mol. The van der Waals surface area contributed by atoms with Gasteiger partial charge in [0.25, 0.3) is 5.91 Å². The SMILES string of the molecule is CSCC[C@H](C(=O)O)N1C(=O)/C(=C/c2ccc[nH]2)SC1=S. The van der Waals surface area contributed by atoms with E-state index in [-0.39, 0.29) is 5.91 Å². The van der Waals surface area contributed by atoms with Crippen LogP contribution in [0.2, 0.25) is 0 Å². The topological polar surface area (TPSA) is 73.4 Å². The van der Waals surface area contributed by atoms with E-state index in [2.05, 4.69) is 4.98 Å². The van der Waals surface area contributed by atoms with Crippen molar-refractivity contribution in [2.45, 2.75) is 12.5 Å². The molecular weight excluding hydrogens is 328 g/mol. The number of nitrogens with zero attached hydrogens (tertiary/aromatic N) is 1. The lowest BCUT2D eigenvalue weighted by molar-refractivity contribution is -0.145. The van der Waals surface area contributed by atoms with Crippen LogP contribution in [0, 0.1) is 0 Å². The van der Waals surface area contributed by atoms with Crippen LogP contribution < -0.4 is 0 Å². The van der Waals surface area contributed by atoms with Crippen LogP contribution in [0.15, 0.2) is 23.2 Å². The van der Waals surface area contributed by atoms with E-state index in [0.717, 1.165) is 17.5 Å². The molecule has 1 aromatic heterocycles. The lowest BCUT2D eigenvalue weighted by Crippen LogP contribution is -2.44. The van der Waals surface area contributed by atoms with Crippen LogP contribution in [0.25, 0.3) is 6.08 Å². The van der Waals surface area contributed by atoms with Gasteiger partial charge in [-0.1, -0.05) is 24.0 Å². The Morgan fingerprint density at radius 2 is 2.43 bits per heavy atom. The Bertz CT molecular complexity index is 583. The lowest BCUT2D eigenvalue weighted by atomic mass is 10.2. The molecular formula is C13H14N2O3S3. The van der Waals surface area contributed by atoms with E-state index in [1.807, 2.05) is 18.4 Å². The van der Waals surface area contributed by atoms with Crippen molar-refractivity contribution in [2.24, 2.45) is 0 Å². The van der Waals surface area contributed by atoms with Gasteiger partial charge in [0.05, 0.1) is 4.91 Å². The van der Waals surface area contributed by atoms with E-state index in [9.17, 15) is 14.7 Å². The molecule has 0 saturated carbocycles. The molecule has 8 heteroatoms. The number of aliphatic carboxylic acids is 1. The number of aromatic nitrogens is 1. The largest absolute Gasteiger partial charge is 0.480 e. The Balaban J connectivity index is 2.22. The number of thiocarbonyl (C=S) groups is 1. The summed E-state index contributed by atoms with van der Waals surface area (Å²) in [7, 11) is 0. The van der Waals surface area contributed by atoms with Crippen molar-refractivity contribution in [3.05, 3.63) is 28.9 Å². The first-order chi connectivity index (χ1) is 10.0. The van der Waals surface area contributed by atoms with Crippen molar-refractivity contribution in [2.75, 3.05) is 12.0 Å². The van der Waals surface area contributed by atoms with E-state index < -0.39 is 12.0 Å². The first-order valence-corrected chi connectivity index (χ1v) is 8.78. The molecule has 2 heterocycles. The summed E-state index contributed by atoms with van der Waals surface area (Å²) in [6, 6.07) is 2.75. The fraction of sp³-hybridized carbons (Fsp3) is 0.308. The Hall–Kier alpha value is -1.25. The molecule has 1 amide bonds. The number of hydrogen-bond acceptors (Lipinski definition) is 5. The highest BCUT2D eigenvalue weighted by Crippen LogP contribution is 2.34. The minimum absolute atomic E-state index is 0.298. The highest BCUT2D eigenvalue weighted by atomic mass is 32.2. The summed E-state index contributed by atoms with van der Waals surface area (Å²) in [4.78, 5) is 28.5. The summed E-state index contributed by atoms with van der Waals surface area (Å²) in [6.45, 7) is 0. The molecule has 0 radical (unpaired) electrons. The molecule has 1 aliphatic rings. The van der Waals surface area contributed by atoms with Gasteiger partial charge >= 0.3 is 5.97 Å². The number of aromatic amines is 1. The molecule has 2 N–H and O–H groups in total. The molecule has 2 rings (SSSR count). The number of carbonyl (C=O) groups excluding carboxylic acids is 1. The lowest BCUT2D eigenvalue weighted by Gasteiger charge is -2.22. The molecule has 0 spiro atoms. The number of amides is 1. The zero-order chi connectivity index (χ0) is 15.4. The average Bonchev–Trinajstić information content (AvgIpc) is 3.02. The minimum atomic E-state index is -1.03. The van der Waals surface area contributed by atoms with Gasteiger partial charge in [0, 0.05) is 11.9 Å². The predicted octanol–water partition coefficient (Wildman–Crippen LogP) is 2.42. The summed E-state index contributed by atoms with van der Waals surface area (Å²) >= 11 is 7.86. The molecule has 1 atom stereocenters. The monoisotopic (exact) mass is 342 g/mol. The van der Waals surface area contributed by atoms with Gasteiger partial charge in [0.2, 0.25) is 0 Å². The molecule has 0 unspecified atom stereocenters. The highest BCUT2D eigenvalue weighted by Gasteiger charge is 2.40. The molecule has 1 saturated heterocycles. The molecule has 112 valence electrons. The second-order valence-electron chi connectivity index (χ2n) is 4.31. The van der Waals surface area contributed by atoms with Crippen LogP contribution in [-0.2, 0) is 9.59 Å². The number of rotatable bonds is 6. The normalized spacial score (nSPS) is 18.5. The van der Waals surface area contributed by atoms with Gasteiger partial charge in [-0.25, -0.2) is 4.79 Å². The van der Waals surface area contributed by atoms with Crippen molar-refractivity contribution in [3.63, 3.8) is 0 Å². The zero-order valence-electron chi connectivity index (χ0n) is 11.2. The van der Waals surface area contributed by atoms with Crippen LogP contribution in [0.5, 0.6) is 0 Å². The second kappa shape index (κ2) is 7.15. The van der Waals surface area contributed by atoms with Gasteiger partial charge in [0.1, 0.15) is 10.4 Å². The van der Waals surface area contributed by atoms with Crippen molar-refractivity contribution < 1.29 is 14.7 Å². The fourth-order valence-corrected chi connectivity index (χ4v) is 3.72. The van der Waals surface area contributed by atoms with Gasteiger partial charge in [-0.3, -0.25) is 9.69 Å². The molecule has 1 aromatic rings. The van der Waals surface area contributed by atoms with Crippen molar-refractivity contribution in [1.82, 2.24) is 9.88 Å². The third-order valence-corrected chi connectivity index (χ3v) is 4.90. The van der Waals surface area contributed by atoms with Crippen molar-refractivity contribution in [1.29, 1.82) is 0 Å². The maximum absolute atomic E-state index is 12.4. The molecule has 0 aliphatic carbocycles. The summed E-state index contributed by atoms with van der Waals surface area (Å²) in [5.74, 6) is -0.710. The van der Waals surface area contributed by atoms with Crippen LogP contribution in [-0.4, -0.2) is 49.2 Å². The third kappa shape index (κ3) is 3.69. The van der Waals surface area contributed by atoms with Crippen LogP contribution >= 0.6 is 35.7 Å². The van der Waals surface area contributed by atoms with Gasteiger partial charge in [-0.15, -0.1) is 0 Å². The number of H-pyrrole nitrogens is 1. The summed E-state index contributed by atoms with van der Waals surface area (Å²) in [5.41, 5.74) is 0.784. The van der Waals surface area contributed by atoms with Crippen LogP contribution in [0.1, 0.15) is 12.1 Å². The molecule has 21 heavy (non-hydrogen) atoms. The first-order valence-electron chi connectivity index (χ1n) is 6.16. The highest BCUT2D eigenvalue weighted by molar-refractivity contribution is 8.26. The number of thioether (sulfide) groups is 2. The fourth-order valence-electron chi connectivity index (χ4n) is 1.92. The smallest absolute Gasteiger partial charge is 0.326 e. The van der Waals surface area contributed by atoms with Gasteiger partial charge in [-0.2, -0.15) is 11.8 Å². The number of carboxylic acids is 1. The number of carbonyl (C=O) groups is 2. The molecule has 5 nitrogen and oxygen atoms in total. The Kier molecular flexibility index (Phi) is 5.49. The zero-order valence-corrected chi connectivity index (χ0v) is 13.7. The number of carboxylic acid groups (broad SMARTS) is 1. The van der Waals surface area contributed by atoms with E-state index in [1.54, 1.807) is 24.0 Å². The van der Waals surface area contributed by atoms with Gasteiger partial charge in [-0.05, 0) is 36.6 Å². The second-order valence-corrected chi connectivity index (χ2v) is 6.97. The Morgan fingerprint density at radius 3 is 3.00 bits per heavy atom. The quantitative estimate of drug-likeness (QED) is 0.611. The van der Waals surface area contributed by atoms with E-state index in [4.69, 9.17) is 12.2 Å². The third-order valence-electron chi connectivity index (χ3n) is 2.92. The Morgan fingerprint density at radius 1 is 1.67 bits per heavy atom. The van der Waals surface area contributed by atoms with E-state index in [1.165, 1.54) is 4.90 Å². The maximum atomic E-state index is 12.4. The summed E-state index contributed by atoms with van der Waals surface area (Å²) in [5, 5.41) is 9.34. The predicted molar refractivity (Wildman–Crippen MR) is 90.2 cm³/mol. The minimum Gasteiger partial charge on any atom is -0.480 e. The van der Waals surface area contributed by atoms with Crippen LogP contribution in [0.3, 0.4) is 0 Å². The summed E-state index contributed by atoms with van der Waals surface area (Å²) in [6.07, 6.45) is 5.71. The standard InChI is InChI=1S/C13H14N2O3S3/c1-20-6-4-9(12(17)18)15-11(16)10(21-13(15)19)7-8-3-2-5-14-8/h2-3,5,7,9,14H,4,6H2,1H3,(H,17,18)/b10-7-/t9-/m1/s1. The summed E-state index contributed by atoms with van der Waals surface area (Å²) < 4.78 is 0.298. The van der Waals surface area contributed by atoms with E-state index in [0.29, 0.717) is 21.4 Å². The number of hydrogen-bond donors (Lipinski definition) is 2. The van der Waals surface area contributed by atoms with Gasteiger partial charge < -0.3 is 10.1 Å². The first kappa shape index (κ1) is 16.1. The Labute approximate surface area is 136 Å². The number of nitrogens with one attached hydrogen (secondary N) is 1. The van der Waals surface area contributed by atoms with Gasteiger partial charge in [0.15, 0.2) is 0 Å². The molecule has 1 aliphatic heterocycles. The van der Waals surface area contributed by atoms with Crippen LogP contribution in [0.4, 0.5) is 0 Å². The molecule has 0 bridgehead atoms.